The number of hydrogen-bond donors (Lipinski definition) is 2. The number of aliphatic hydroxyl groups excluding tert-OH is 1. The van der Waals surface area contributed by atoms with E-state index in [1.165, 1.54) is 0 Å². The first-order valence-electron chi connectivity index (χ1n) is 5.40. The topological polar surface area (TPSA) is 49.3 Å². The van der Waals surface area contributed by atoms with E-state index >= 15 is 0 Å². The summed E-state index contributed by atoms with van der Waals surface area (Å²) < 4.78 is 0.873. The van der Waals surface area contributed by atoms with Gasteiger partial charge in [-0.15, -0.1) is 0 Å². The summed E-state index contributed by atoms with van der Waals surface area (Å²) in [7, 11) is 0. The zero-order valence-electron chi connectivity index (χ0n) is 9.17. The Morgan fingerprint density at radius 2 is 2.24 bits per heavy atom. The predicted molar refractivity (Wildman–Crippen MR) is 75.3 cm³/mol. The third-order valence-electron chi connectivity index (χ3n) is 3.09. The van der Waals surface area contributed by atoms with Crippen molar-refractivity contribution in [3.63, 3.8) is 0 Å². The van der Waals surface area contributed by atoms with E-state index in [0.717, 1.165) is 16.4 Å². The van der Waals surface area contributed by atoms with Gasteiger partial charge in [0, 0.05) is 20.6 Å². The Balaban J connectivity index is 2.02. The number of carbonyl (C=O) groups is 1. The van der Waals surface area contributed by atoms with Gasteiger partial charge in [0.25, 0.3) is 5.91 Å². The molecule has 0 heterocycles. The highest BCUT2D eigenvalue weighted by molar-refractivity contribution is 14.1. The van der Waals surface area contributed by atoms with Crippen LogP contribution in [0.15, 0.2) is 18.2 Å². The maximum absolute atomic E-state index is 12.0. The lowest BCUT2D eigenvalue weighted by atomic mass is 10.1. The van der Waals surface area contributed by atoms with Gasteiger partial charge in [-0.3, -0.25) is 4.79 Å². The van der Waals surface area contributed by atoms with Crippen LogP contribution in [0.25, 0.3) is 0 Å². The fraction of sp³-hybridized carbons (Fsp3) is 0.417. The molecule has 0 radical (unpaired) electrons. The largest absolute Gasteiger partial charge is 0.396 e. The number of amides is 1. The van der Waals surface area contributed by atoms with E-state index in [-0.39, 0.29) is 17.9 Å². The standard InChI is InChI=1S/C12H13ClINO2/c13-8-1-2-10(14)9(5-8)11(17)15-6-12(7-16)3-4-12/h1-2,5,16H,3-4,6-7H2,(H,15,17). The second-order valence-corrected chi connectivity index (χ2v) is 6.06. The highest BCUT2D eigenvalue weighted by Crippen LogP contribution is 2.44. The first kappa shape index (κ1) is 13.1. The van der Waals surface area contributed by atoms with Crippen LogP contribution in [0.3, 0.4) is 0 Å². The van der Waals surface area contributed by atoms with E-state index in [9.17, 15) is 4.79 Å². The molecule has 2 rings (SSSR count). The van der Waals surface area contributed by atoms with Crippen LogP contribution < -0.4 is 5.32 Å². The molecular formula is C12H13ClINO2. The lowest BCUT2D eigenvalue weighted by molar-refractivity contribution is 0.0934. The molecule has 5 heteroatoms. The summed E-state index contributed by atoms with van der Waals surface area (Å²) in [6.45, 7) is 0.671. The quantitative estimate of drug-likeness (QED) is 0.805. The normalized spacial score (nSPS) is 16.6. The summed E-state index contributed by atoms with van der Waals surface area (Å²) in [5.74, 6) is -0.128. The highest BCUT2D eigenvalue weighted by atomic mass is 127. The Morgan fingerprint density at radius 1 is 1.53 bits per heavy atom. The minimum absolute atomic E-state index is 0.0698. The van der Waals surface area contributed by atoms with E-state index in [4.69, 9.17) is 16.7 Å². The Labute approximate surface area is 119 Å². The van der Waals surface area contributed by atoms with Crippen molar-refractivity contribution in [2.45, 2.75) is 12.8 Å². The molecule has 92 valence electrons. The lowest BCUT2D eigenvalue weighted by Gasteiger charge is -2.13. The summed E-state index contributed by atoms with van der Waals surface area (Å²) >= 11 is 7.98. The summed E-state index contributed by atoms with van der Waals surface area (Å²) in [4.78, 5) is 12.0. The van der Waals surface area contributed by atoms with E-state index in [0.29, 0.717) is 17.1 Å². The minimum atomic E-state index is -0.128. The van der Waals surface area contributed by atoms with Crippen LogP contribution in [0.2, 0.25) is 5.02 Å². The van der Waals surface area contributed by atoms with Crippen molar-refractivity contribution >= 4 is 40.1 Å². The molecule has 17 heavy (non-hydrogen) atoms. The molecule has 0 bridgehead atoms. The molecule has 0 aromatic heterocycles. The van der Waals surface area contributed by atoms with Crippen molar-refractivity contribution in [2.75, 3.05) is 13.2 Å². The van der Waals surface area contributed by atoms with Crippen LogP contribution in [0.4, 0.5) is 0 Å². The molecule has 1 aromatic carbocycles. The molecule has 1 saturated carbocycles. The molecule has 3 nitrogen and oxygen atoms in total. The van der Waals surface area contributed by atoms with Crippen LogP contribution in [0, 0.1) is 8.99 Å². The monoisotopic (exact) mass is 365 g/mol. The number of carbonyl (C=O) groups excluding carboxylic acids is 1. The number of halogens is 2. The number of aliphatic hydroxyl groups is 1. The maximum Gasteiger partial charge on any atom is 0.252 e. The number of benzene rings is 1. The number of rotatable bonds is 4. The molecule has 0 unspecified atom stereocenters. The minimum Gasteiger partial charge on any atom is -0.396 e. The SMILES string of the molecule is O=C(NCC1(CO)CC1)c1cc(Cl)ccc1I. The molecule has 2 N–H and O–H groups in total. The van der Waals surface area contributed by atoms with Crippen LogP contribution in [0.1, 0.15) is 23.2 Å². The van der Waals surface area contributed by atoms with E-state index < -0.39 is 0 Å². The van der Waals surface area contributed by atoms with E-state index in [1.54, 1.807) is 12.1 Å². The third kappa shape index (κ3) is 3.11. The first-order chi connectivity index (χ1) is 8.06. The second-order valence-electron chi connectivity index (χ2n) is 4.46. The van der Waals surface area contributed by atoms with Crippen molar-refractivity contribution < 1.29 is 9.90 Å². The zero-order chi connectivity index (χ0) is 12.5. The average molecular weight is 366 g/mol. The maximum atomic E-state index is 12.0. The molecule has 1 fully saturated rings. The molecule has 0 aliphatic heterocycles. The van der Waals surface area contributed by atoms with Gasteiger partial charge in [-0.05, 0) is 53.6 Å². The van der Waals surface area contributed by atoms with Gasteiger partial charge in [-0.1, -0.05) is 11.6 Å². The number of nitrogens with one attached hydrogen (secondary N) is 1. The molecule has 1 amide bonds. The van der Waals surface area contributed by atoms with Crippen molar-refractivity contribution in [3.05, 3.63) is 32.4 Å². The van der Waals surface area contributed by atoms with Gasteiger partial charge in [0.2, 0.25) is 0 Å². The fourth-order valence-electron chi connectivity index (χ4n) is 1.60. The summed E-state index contributed by atoms with van der Waals surface area (Å²) in [6, 6.07) is 5.24. The van der Waals surface area contributed by atoms with Gasteiger partial charge in [0.1, 0.15) is 0 Å². The van der Waals surface area contributed by atoms with Gasteiger partial charge < -0.3 is 10.4 Å². The Bertz CT molecular complexity index is 446. The van der Waals surface area contributed by atoms with Gasteiger partial charge in [0.15, 0.2) is 0 Å². The van der Waals surface area contributed by atoms with Crippen LogP contribution in [-0.4, -0.2) is 24.2 Å². The molecule has 0 atom stereocenters. The molecule has 0 spiro atoms. The summed E-state index contributed by atoms with van der Waals surface area (Å²) in [5, 5.41) is 12.6. The van der Waals surface area contributed by atoms with Crippen LogP contribution in [-0.2, 0) is 0 Å². The van der Waals surface area contributed by atoms with Gasteiger partial charge in [0.05, 0.1) is 12.2 Å². The van der Waals surface area contributed by atoms with Crippen LogP contribution in [0.5, 0.6) is 0 Å². The second kappa shape index (κ2) is 5.12. The summed E-state index contributed by atoms with van der Waals surface area (Å²) in [5.41, 5.74) is 0.520. The van der Waals surface area contributed by atoms with Gasteiger partial charge in [-0.2, -0.15) is 0 Å². The third-order valence-corrected chi connectivity index (χ3v) is 4.27. The van der Waals surface area contributed by atoms with E-state index in [2.05, 4.69) is 27.9 Å². The van der Waals surface area contributed by atoms with Crippen molar-refractivity contribution in [2.24, 2.45) is 5.41 Å². The molecule has 1 aliphatic rings. The zero-order valence-corrected chi connectivity index (χ0v) is 12.1. The highest BCUT2D eigenvalue weighted by Gasteiger charge is 2.42. The Hall–Kier alpha value is -0.330. The molecule has 1 aliphatic carbocycles. The molecule has 1 aromatic rings. The average Bonchev–Trinajstić information content (AvgIpc) is 3.10. The lowest BCUT2D eigenvalue weighted by Crippen LogP contribution is -2.32. The van der Waals surface area contributed by atoms with Gasteiger partial charge >= 0.3 is 0 Å². The van der Waals surface area contributed by atoms with Crippen molar-refractivity contribution in [3.8, 4) is 0 Å². The van der Waals surface area contributed by atoms with E-state index in [1.807, 2.05) is 6.07 Å². The van der Waals surface area contributed by atoms with Crippen molar-refractivity contribution in [1.29, 1.82) is 0 Å². The van der Waals surface area contributed by atoms with Crippen molar-refractivity contribution in [1.82, 2.24) is 5.32 Å². The molecule has 0 saturated heterocycles. The molecular weight excluding hydrogens is 352 g/mol. The van der Waals surface area contributed by atoms with Gasteiger partial charge in [-0.25, -0.2) is 0 Å². The van der Waals surface area contributed by atoms with Crippen LogP contribution >= 0.6 is 34.2 Å². The summed E-state index contributed by atoms with van der Waals surface area (Å²) in [6.07, 6.45) is 1.97. The Morgan fingerprint density at radius 3 is 2.82 bits per heavy atom. The fourth-order valence-corrected chi connectivity index (χ4v) is 2.35. The first-order valence-corrected chi connectivity index (χ1v) is 6.86. The Kier molecular flexibility index (Phi) is 3.95. The number of hydrogen-bond acceptors (Lipinski definition) is 2. The predicted octanol–water partition coefficient (Wildman–Crippen LogP) is 2.45. The smallest absolute Gasteiger partial charge is 0.252 e.